The van der Waals surface area contributed by atoms with Crippen molar-refractivity contribution in [3.05, 3.63) is 11.7 Å². The quantitative estimate of drug-likeness (QED) is 0.835. The molecule has 96 valence electrons. The van der Waals surface area contributed by atoms with Gasteiger partial charge in [0.15, 0.2) is 5.82 Å². The van der Waals surface area contributed by atoms with E-state index in [-0.39, 0.29) is 0 Å². The van der Waals surface area contributed by atoms with Gasteiger partial charge in [-0.05, 0) is 32.4 Å². The average molecular weight is 238 g/mol. The van der Waals surface area contributed by atoms with Gasteiger partial charge in [0.05, 0.1) is 6.54 Å². The second-order valence-corrected chi connectivity index (χ2v) is 5.19. The lowest BCUT2D eigenvalue weighted by molar-refractivity contribution is 0.258. The lowest BCUT2D eigenvalue weighted by Crippen LogP contribution is -2.30. The first-order chi connectivity index (χ1) is 8.13. The molecule has 1 saturated heterocycles. The minimum atomic E-state index is 0.572. The van der Waals surface area contributed by atoms with Gasteiger partial charge in [-0.3, -0.25) is 4.90 Å². The molecule has 1 fully saturated rings. The van der Waals surface area contributed by atoms with E-state index in [4.69, 9.17) is 4.52 Å². The van der Waals surface area contributed by atoms with Crippen LogP contribution in [-0.4, -0.2) is 40.7 Å². The number of aromatic nitrogens is 2. The van der Waals surface area contributed by atoms with Crippen molar-refractivity contribution in [2.45, 2.75) is 39.8 Å². The molecule has 1 aliphatic rings. The Labute approximate surface area is 103 Å². The van der Waals surface area contributed by atoms with E-state index in [2.05, 4.69) is 34.2 Å². The van der Waals surface area contributed by atoms with Crippen LogP contribution in [0.15, 0.2) is 4.52 Å². The molecular formula is C12H22N4O. The van der Waals surface area contributed by atoms with Crippen LogP contribution in [0.2, 0.25) is 0 Å². The van der Waals surface area contributed by atoms with E-state index in [1.165, 1.54) is 6.42 Å². The van der Waals surface area contributed by atoms with Crippen LogP contribution >= 0.6 is 0 Å². The molecule has 1 atom stereocenters. The Morgan fingerprint density at radius 3 is 3.00 bits per heavy atom. The molecule has 1 N–H and O–H groups in total. The van der Waals surface area contributed by atoms with Crippen LogP contribution in [0, 0.1) is 12.8 Å². The number of nitrogens with zero attached hydrogens (tertiary/aromatic N) is 3. The number of likely N-dealkylation sites (tertiary alicyclic amines) is 1. The SMILES string of the molecule is Cc1noc(CN2CCC(CNC(C)C)C2)n1. The molecule has 5 nitrogen and oxygen atoms in total. The van der Waals surface area contributed by atoms with E-state index in [0.717, 1.165) is 43.8 Å². The second-order valence-electron chi connectivity index (χ2n) is 5.19. The third kappa shape index (κ3) is 3.78. The van der Waals surface area contributed by atoms with Gasteiger partial charge < -0.3 is 9.84 Å². The van der Waals surface area contributed by atoms with Crippen molar-refractivity contribution in [1.29, 1.82) is 0 Å². The molecule has 0 amide bonds. The summed E-state index contributed by atoms with van der Waals surface area (Å²) in [6.07, 6.45) is 1.26. The third-order valence-electron chi connectivity index (χ3n) is 3.11. The van der Waals surface area contributed by atoms with Crippen molar-refractivity contribution in [3.8, 4) is 0 Å². The van der Waals surface area contributed by atoms with E-state index in [1.54, 1.807) is 0 Å². The van der Waals surface area contributed by atoms with Crippen molar-refractivity contribution in [1.82, 2.24) is 20.4 Å². The Hall–Kier alpha value is -0.940. The maximum atomic E-state index is 5.14. The predicted molar refractivity (Wildman–Crippen MR) is 65.6 cm³/mol. The first kappa shape index (κ1) is 12.5. The van der Waals surface area contributed by atoms with Gasteiger partial charge in [-0.2, -0.15) is 4.98 Å². The summed E-state index contributed by atoms with van der Waals surface area (Å²) < 4.78 is 5.14. The van der Waals surface area contributed by atoms with Crippen LogP contribution in [0.1, 0.15) is 32.0 Å². The van der Waals surface area contributed by atoms with Gasteiger partial charge in [-0.1, -0.05) is 19.0 Å². The van der Waals surface area contributed by atoms with E-state index in [0.29, 0.717) is 6.04 Å². The van der Waals surface area contributed by atoms with E-state index in [1.807, 2.05) is 6.92 Å². The molecule has 2 rings (SSSR count). The summed E-state index contributed by atoms with van der Waals surface area (Å²) in [7, 11) is 0. The van der Waals surface area contributed by atoms with Crippen molar-refractivity contribution in [2.24, 2.45) is 5.92 Å². The van der Waals surface area contributed by atoms with Gasteiger partial charge in [-0.15, -0.1) is 0 Å². The molecule has 0 spiro atoms. The van der Waals surface area contributed by atoms with Gasteiger partial charge in [0.2, 0.25) is 5.89 Å². The molecule has 0 aromatic carbocycles. The van der Waals surface area contributed by atoms with Crippen LogP contribution in [0.4, 0.5) is 0 Å². The molecule has 1 aromatic heterocycles. The summed E-state index contributed by atoms with van der Waals surface area (Å²) in [4.78, 5) is 6.63. The maximum absolute atomic E-state index is 5.14. The average Bonchev–Trinajstić information content (AvgIpc) is 2.86. The summed E-state index contributed by atoms with van der Waals surface area (Å²) in [6.45, 7) is 10.4. The number of hydrogen-bond donors (Lipinski definition) is 1. The van der Waals surface area contributed by atoms with Gasteiger partial charge in [0.1, 0.15) is 0 Å². The van der Waals surface area contributed by atoms with Gasteiger partial charge >= 0.3 is 0 Å². The molecule has 5 heteroatoms. The third-order valence-corrected chi connectivity index (χ3v) is 3.11. The number of aryl methyl sites for hydroxylation is 1. The smallest absolute Gasteiger partial charge is 0.240 e. The molecular weight excluding hydrogens is 216 g/mol. The fourth-order valence-electron chi connectivity index (χ4n) is 2.22. The molecule has 1 aliphatic heterocycles. The fourth-order valence-corrected chi connectivity index (χ4v) is 2.22. The second kappa shape index (κ2) is 5.60. The highest BCUT2D eigenvalue weighted by molar-refractivity contribution is 4.86. The Kier molecular flexibility index (Phi) is 4.12. The fraction of sp³-hybridized carbons (Fsp3) is 0.833. The van der Waals surface area contributed by atoms with Gasteiger partial charge in [0, 0.05) is 12.6 Å². The zero-order valence-electron chi connectivity index (χ0n) is 10.9. The highest BCUT2D eigenvalue weighted by atomic mass is 16.5. The summed E-state index contributed by atoms with van der Waals surface area (Å²) >= 11 is 0. The Morgan fingerprint density at radius 1 is 1.53 bits per heavy atom. The topological polar surface area (TPSA) is 54.2 Å². The van der Waals surface area contributed by atoms with E-state index >= 15 is 0 Å². The largest absolute Gasteiger partial charge is 0.338 e. The summed E-state index contributed by atoms with van der Waals surface area (Å²) in [5.74, 6) is 2.21. The van der Waals surface area contributed by atoms with Crippen LogP contribution in [0.3, 0.4) is 0 Å². The number of rotatable bonds is 5. The minimum absolute atomic E-state index is 0.572. The molecule has 1 unspecified atom stereocenters. The Bertz CT molecular complexity index is 350. The molecule has 2 heterocycles. The van der Waals surface area contributed by atoms with E-state index in [9.17, 15) is 0 Å². The predicted octanol–water partition coefficient (Wildman–Crippen LogP) is 1.20. The lowest BCUT2D eigenvalue weighted by atomic mass is 10.1. The van der Waals surface area contributed by atoms with Crippen molar-refractivity contribution in [2.75, 3.05) is 19.6 Å². The standard InChI is InChI=1S/C12H22N4O/c1-9(2)13-6-11-4-5-16(7-11)8-12-14-10(3)15-17-12/h9,11,13H,4-8H2,1-3H3. The minimum Gasteiger partial charge on any atom is -0.338 e. The number of nitrogens with one attached hydrogen (secondary N) is 1. The number of hydrogen-bond acceptors (Lipinski definition) is 5. The van der Waals surface area contributed by atoms with E-state index < -0.39 is 0 Å². The Morgan fingerprint density at radius 2 is 2.35 bits per heavy atom. The zero-order chi connectivity index (χ0) is 12.3. The zero-order valence-corrected chi connectivity index (χ0v) is 10.9. The summed E-state index contributed by atoms with van der Waals surface area (Å²) in [5.41, 5.74) is 0. The van der Waals surface area contributed by atoms with Crippen LogP contribution in [-0.2, 0) is 6.54 Å². The summed E-state index contributed by atoms with van der Waals surface area (Å²) in [6, 6.07) is 0.572. The van der Waals surface area contributed by atoms with Crippen molar-refractivity contribution in [3.63, 3.8) is 0 Å². The summed E-state index contributed by atoms with van der Waals surface area (Å²) in [5, 5.41) is 7.31. The lowest BCUT2D eigenvalue weighted by Gasteiger charge is -2.15. The molecule has 0 saturated carbocycles. The molecule has 1 aromatic rings. The van der Waals surface area contributed by atoms with Gasteiger partial charge in [0.25, 0.3) is 0 Å². The first-order valence-electron chi connectivity index (χ1n) is 6.38. The van der Waals surface area contributed by atoms with Crippen LogP contribution < -0.4 is 5.32 Å². The maximum Gasteiger partial charge on any atom is 0.240 e. The van der Waals surface area contributed by atoms with Crippen LogP contribution in [0.25, 0.3) is 0 Å². The molecule has 17 heavy (non-hydrogen) atoms. The molecule has 0 bridgehead atoms. The Balaban J connectivity index is 1.74. The highest BCUT2D eigenvalue weighted by Crippen LogP contribution is 2.17. The highest BCUT2D eigenvalue weighted by Gasteiger charge is 2.23. The van der Waals surface area contributed by atoms with Crippen molar-refractivity contribution >= 4 is 0 Å². The molecule has 0 radical (unpaired) electrons. The first-order valence-corrected chi connectivity index (χ1v) is 6.38. The molecule has 0 aliphatic carbocycles. The van der Waals surface area contributed by atoms with Crippen LogP contribution in [0.5, 0.6) is 0 Å². The van der Waals surface area contributed by atoms with Crippen molar-refractivity contribution < 1.29 is 4.52 Å². The monoisotopic (exact) mass is 238 g/mol. The normalized spacial score (nSPS) is 21.5. The van der Waals surface area contributed by atoms with Gasteiger partial charge in [-0.25, -0.2) is 0 Å².